The maximum atomic E-state index is 14.9. The molecule has 0 saturated heterocycles. The number of nitriles is 1. The van der Waals surface area contributed by atoms with Crippen LogP contribution in [0.3, 0.4) is 0 Å². The molecule has 1 aromatic heterocycles. The first kappa shape index (κ1) is 22.2. The molecule has 7 heteroatoms. The van der Waals surface area contributed by atoms with Gasteiger partial charge in [-0.05, 0) is 76.4 Å². The summed E-state index contributed by atoms with van der Waals surface area (Å²) in [6, 6.07) is 14.0. The summed E-state index contributed by atoms with van der Waals surface area (Å²) in [6.45, 7) is 12.0. The van der Waals surface area contributed by atoms with E-state index in [2.05, 4.69) is 25.1 Å². The van der Waals surface area contributed by atoms with Crippen molar-refractivity contribution in [2.24, 2.45) is 5.73 Å². The molecule has 2 aromatic carbocycles. The van der Waals surface area contributed by atoms with Crippen molar-refractivity contribution in [3.63, 3.8) is 0 Å². The van der Waals surface area contributed by atoms with Crippen LogP contribution >= 0.6 is 0 Å². The second-order valence-electron chi connectivity index (χ2n) is 10.4. The number of amides is 1. The van der Waals surface area contributed by atoms with Crippen LogP contribution in [0.1, 0.15) is 54.3 Å². The molecule has 4 heterocycles. The fourth-order valence-corrected chi connectivity index (χ4v) is 6.34. The van der Waals surface area contributed by atoms with Crippen LogP contribution in [0.4, 0.5) is 5.69 Å². The number of hydrogen-bond donors (Lipinski definition) is 1. The van der Waals surface area contributed by atoms with Gasteiger partial charge in [-0.25, -0.2) is 4.68 Å². The number of allylic oxidation sites excluding steroid dienone is 1. The molecule has 7 nitrogen and oxygen atoms in total. The Morgan fingerprint density at radius 1 is 1.08 bits per heavy atom. The smallest absolute Gasteiger partial charge is 0.248 e. The Kier molecular flexibility index (Phi) is 4.24. The standard InChI is InChI=1S/C29H27N5O2/c1-15-12-20-16(2)13-28(5,6)33-24(20)22(17(15)3)29(27(33)35)21(14-30)25(31)36-26-23(29)18(4)32-34(26)19-10-8-7-9-11-19/h7-13H,31H2,1-6H3. The van der Waals surface area contributed by atoms with Crippen molar-refractivity contribution in [3.8, 4) is 17.6 Å². The first-order chi connectivity index (χ1) is 17.1. The zero-order valence-electron chi connectivity index (χ0n) is 21.2. The average molecular weight is 478 g/mol. The lowest BCUT2D eigenvalue weighted by atomic mass is 9.67. The molecule has 0 saturated carbocycles. The van der Waals surface area contributed by atoms with Crippen LogP contribution in [0.2, 0.25) is 0 Å². The van der Waals surface area contributed by atoms with Gasteiger partial charge in [0.15, 0.2) is 0 Å². The highest BCUT2D eigenvalue weighted by atomic mass is 16.5. The van der Waals surface area contributed by atoms with Crippen LogP contribution in [0.5, 0.6) is 5.88 Å². The summed E-state index contributed by atoms with van der Waals surface area (Å²) in [7, 11) is 0. The van der Waals surface area contributed by atoms with Crippen LogP contribution in [0.15, 0.2) is 53.9 Å². The third-order valence-electron chi connectivity index (χ3n) is 7.85. The molecule has 0 radical (unpaired) electrons. The largest absolute Gasteiger partial charge is 0.422 e. The molecular formula is C29H27N5O2. The number of nitrogens with zero attached hydrogens (tertiary/aromatic N) is 4. The van der Waals surface area contributed by atoms with E-state index in [9.17, 15) is 10.1 Å². The molecule has 3 aliphatic heterocycles. The highest BCUT2D eigenvalue weighted by Gasteiger charge is 2.64. The molecule has 180 valence electrons. The average Bonchev–Trinajstić information content (AvgIpc) is 3.29. The SMILES string of the molecule is CC1=CC(C)(C)N2C(=O)C3(C(C#N)=C(N)Oc4c3c(C)nn4-c3ccccc3)c3c(C)c(C)cc1c32. The highest BCUT2D eigenvalue weighted by molar-refractivity contribution is 6.18. The van der Waals surface area contributed by atoms with Crippen LogP contribution in [-0.2, 0) is 10.2 Å². The Balaban J connectivity index is 1.82. The van der Waals surface area contributed by atoms with Crippen molar-refractivity contribution in [3.05, 3.63) is 87.4 Å². The normalized spacial score (nSPS) is 21.2. The number of carbonyl (C=O) groups excluding carboxylic acids is 1. The summed E-state index contributed by atoms with van der Waals surface area (Å²) in [5.41, 5.74) is 12.2. The molecule has 1 spiro atoms. The molecule has 36 heavy (non-hydrogen) atoms. The zero-order chi connectivity index (χ0) is 25.7. The van der Waals surface area contributed by atoms with Gasteiger partial charge in [-0.2, -0.15) is 10.4 Å². The van der Waals surface area contributed by atoms with Crippen LogP contribution in [-0.4, -0.2) is 21.2 Å². The molecule has 3 aliphatic rings. The van der Waals surface area contributed by atoms with Gasteiger partial charge in [0, 0.05) is 11.1 Å². The number of para-hydroxylation sites is 1. The van der Waals surface area contributed by atoms with Crippen LogP contribution in [0.25, 0.3) is 11.3 Å². The molecular weight excluding hydrogens is 450 g/mol. The van der Waals surface area contributed by atoms with Crippen molar-refractivity contribution in [2.45, 2.75) is 52.5 Å². The number of ether oxygens (including phenoxy) is 1. The van der Waals surface area contributed by atoms with Crippen molar-refractivity contribution in [1.29, 1.82) is 5.26 Å². The Labute approximate surface area is 210 Å². The van der Waals surface area contributed by atoms with Crippen LogP contribution in [0, 0.1) is 32.1 Å². The molecule has 0 bridgehead atoms. The Morgan fingerprint density at radius 2 is 1.78 bits per heavy atom. The van der Waals surface area contributed by atoms with Crippen molar-refractivity contribution in [1.82, 2.24) is 9.78 Å². The van der Waals surface area contributed by atoms with Crippen LogP contribution < -0.4 is 15.4 Å². The lowest BCUT2D eigenvalue weighted by molar-refractivity contribution is -0.121. The van der Waals surface area contributed by atoms with E-state index in [0.717, 1.165) is 39.2 Å². The van der Waals surface area contributed by atoms with Gasteiger partial charge in [0.2, 0.25) is 17.7 Å². The zero-order valence-corrected chi connectivity index (χ0v) is 21.2. The minimum Gasteiger partial charge on any atom is -0.422 e. The predicted molar refractivity (Wildman–Crippen MR) is 138 cm³/mol. The highest BCUT2D eigenvalue weighted by Crippen LogP contribution is 2.61. The third-order valence-corrected chi connectivity index (χ3v) is 7.85. The minimum atomic E-state index is -1.46. The fourth-order valence-electron chi connectivity index (χ4n) is 6.34. The number of fused-ring (bicyclic) bond motifs is 3. The summed E-state index contributed by atoms with van der Waals surface area (Å²) < 4.78 is 7.77. The van der Waals surface area contributed by atoms with Gasteiger partial charge in [-0.3, -0.25) is 4.79 Å². The van der Waals surface area contributed by atoms with E-state index < -0.39 is 11.0 Å². The molecule has 6 rings (SSSR count). The van der Waals surface area contributed by atoms with Gasteiger partial charge in [-0.15, -0.1) is 0 Å². The first-order valence-corrected chi connectivity index (χ1v) is 12.0. The fraction of sp³-hybridized carbons (Fsp3) is 0.276. The van der Waals surface area contributed by atoms with Gasteiger partial charge in [0.25, 0.3) is 0 Å². The van der Waals surface area contributed by atoms with E-state index in [0.29, 0.717) is 17.1 Å². The first-order valence-electron chi connectivity index (χ1n) is 12.0. The van der Waals surface area contributed by atoms with Crippen molar-refractivity contribution >= 4 is 17.2 Å². The lowest BCUT2D eigenvalue weighted by Gasteiger charge is -2.40. The number of nitrogens with two attached hydrogens (primary N) is 1. The topological polar surface area (TPSA) is 97.2 Å². The second kappa shape index (κ2) is 6.88. The summed E-state index contributed by atoms with van der Waals surface area (Å²) in [6.07, 6.45) is 2.12. The lowest BCUT2D eigenvalue weighted by Crippen LogP contribution is -2.53. The Hall–Kier alpha value is -4.31. The van der Waals surface area contributed by atoms with Gasteiger partial charge in [-0.1, -0.05) is 24.3 Å². The van der Waals surface area contributed by atoms with E-state index in [1.807, 2.05) is 69.9 Å². The van der Waals surface area contributed by atoms with Crippen molar-refractivity contribution in [2.75, 3.05) is 4.90 Å². The van der Waals surface area contributed by atoms with E-state index in [-0.39, 0.29) is 17.4 Å². The number of hydrogen-bond acceptors (Lipinski definition) is 5. The second-order valence-corrected chi connectivity index (χ2v) is 10.4. The number of aromatic nitrogens is 2. The summed E-state index contributed by atoms with van der Waals surface area (Å²) in [4.78, 5) is 16.7. The van der Waals surface area contributed by atoms with Crippen molar-refractivity contribution < 1.29 is 9.53 Å². The number of rotatable bonds is 1. The molecule has 1 atom stereocenters. The molecule has 2 N–H and O–H groups in total. The minimum absolute atomic E-state index is 0.0765. The maximum Gasteiger partial charge on any atom is 0.248 e. The molecule has 0 aliphatic carbocycles. The predicted octanol–water partition coefficient (Wildman–Crippen LogP) is 4.71. The summed E-state index contributed by atoms with van der Waals surface area (Å²) in [5.74, 6) is 0.0777. The quantitative estimate of drug-likeness (QED) is 0.547. The van der Waals surface area contributed by atoms with Gasteiger partial charge >= 0.3 is 0 Å². The summed E-state index contributed by atoms with van der Waals surface area (Å²) >= 11 is 0. The molecule has 1 amide bonds. The third kappa shape index (κ3) is 2.41. The number of benzene rings is 2. The van der Waals surface area contributed by atoms with E-state index in [1.54, 1.807) is 4.68 Å². The molecule has 1 unspecified atom stereocenters. The van der Waals surface area contributed by atoms with E-state index >= 15 is 0 Å². The van der Waals surface area contributed by atoms with Gasteiger partial charge in [0.1, 0.15) is 17.1 Å². The Bertz CT molecular complexity index is 1620. The Morgan fingerprint density at radius 3 is 2.44 bits per heavy atom. The van der Waals surface area contributed by atoms with E-state index in [4.69, 9.17) is 15.6 Å². The molecule has 0 fully saturated rings. The van der Waals surface area contributed by atoms with E-state index in [1.165, 1.54) is 0 Å². The van der Waals surface area contributed by atoms with Gasteiger partial charge < -0.3 is 15.4 Å². The maximum absolute atomic E-state index is 14.9. The summed E-state index contributed by atoms with van der Waals surface area (Å²) in [5, 5.41) is 15.3. The number of aryl methyl sites for hydroxylation is 2. The number of anilines is 1. The van der Waals surface area contributed by atoms with Gasteiger partial charge in [0.05, 0.1) is 28.2 Å². The molecule has 3 aromatic rings. The number of carbonyl (C=O) groups is 1. The monoisotopic (exact) mass is 477 g/mol.